The first-order valence-corrected chi connectivity index (χ1v) is 5.11. The van der Waals surface area contributed by atoms with Crippen molar-refractivity contribution in [1.29, 1.82) is 0 Å². The number of rotatable bonds is 3. The second-order valence-electron chi connectivity index (χ2n) is 2.70. The molecule has 0 aliphatic carbocycles. The molecule has 0 amide bonds. The molecule has 0 spiro atoms. The lowest BCUT2D eigenvalue weighted by molar-refractivity contribution is -0.115. The highest BCUT2D eigenvalue weighted by Crippen LogP contribution is 2.11. The summed E-state index contributed by atoms with van der Waals surface area (Å²) in [6, 6.07) is 8.86. The summed E-state index contributed by atoms with van der Waals surface area (Å²) in [5.74, 6) is -0.219. The molecule has 0 saturated carbocycles. The smallest absolute Gasteiger partial charge is 0.183 e. The van der Waals surface area contributed by atoms with E-state index in [4.69, 9.17) is 0 Å². The van der Waals surface area contributed by atoms with Crippen LogP contribution in [0.15, 0.2) is 30.3 Å². The molecule has 1 atom stereocenters. The summed E-state index contributed by atoms with van der Waals surface area (Å²) in [4.78, 5) is 22.5. The maximum Gasteiger partial charge on any atom is 0.183 e. The van der Waals surface area contributed by atoms with Gasteiger partial charge < -0.3 is 0 Å². The number of alkyl halides is 1. The summed E-state index contributed by atoms with van der Waals surface area (Å²) < 4.78 is -0.556. The molecule has 1 unspecified atom stereocenters. The van der Waals surface area contributed by atoms with Crippen LogP contribution in [0.25, 0.3) is 0 Å². The van der Waals surface area contributed by atoms with Gasteiger partial charge in [-0.3, -0.25) is 9.59 Å². The number of benzene rings is 1. The highest BCUT2D eigenvalue weighted by atomic mass is 127. The van der Waals surface area contributed by atoms with E-state index in [1.807, 2.05) is 28.7 Å². The number of carbonyl (C=O) groups excluding carboxylic acids is 2. The highest BCUT2D eigenvalue weighted by Gasteiger charge is 2.20. The molecule has 13 heavy (non-hydrogen) atoms. The van der Waals surface area contributed by atoms with Gasteiger partial charge in [-0.2, -0.15) is 0 Å². The number of hydrogen-bond acceptors (Lipinski definition) is 2. The number of carbonyl (C=O) groups is 2. The lowest BCUT2D eigenvalue weighted by Gasteiger charge is -2.03. The third-order valence-corrected chi connectivity index (χ3v) is 3.09. The number of halogens is 1. The Bertz CT molecular complexity index is 319. The van der Waals surface area contributed by atoms with Gasteiger partial charge >= 0.3 is 0 Å². The molecule has 1 aromatic rings. The molecule has 1 rings (SSSR count). The second-order valence-corrected chi connectivity index (χ2v) is 3.95. The fourth-order valence-corrected chi connectivity index (χ4v) is 1.29. The van der Waals surface area contributed by atoms with Gasteiger partial charge in [-0.25, -0.2) is 0 Å². The molecule has 0 N–H and O–H groups in total. The van der Waals surface area contributed by atoms with Gasteiger partial charge in [0.05, 0.1) is 0 Å². The largest absolute Gasteiger partial charge is 0.298 e. The van der Waals surface area contributed by atoms with Crippen LogP contribution in [0.3, 0.4) is 0 Å². The van der Waals surface area contributed by atoms with Crippen molar-refractivity contribution in [1.82, 2.24) is 0 Å². The molecular weight excluding hydrogens is 279 g/mol. The maximum atomic E-state index is 11.6. The van der Waals surface area contributed by atoms with Gasteiger partial charge in [0.2, 0.25) is 0 Å². The van der Waals surface area contributed by atoms with E-state index in [0.717, 1.165) is 0 Å². The molecular formula is C10H9IO2. The van der Waals surface area contributed by atoms with Crippen LogP contribution in [0, 0.1) is 0 Å². The van der Waals surface area contributed by atoms with Crippen molar-refractivity contribution >= 4 is 34.2 Å². The molecule has 3 heteroatoms. The van der Waals surface area contributed by atoms with Crippen molar-refractivity contribution in [3.05, 3.63) is 35.9 Å². The standard InChI is InChI=1S/C10H9IO2/c1-7(12)9(11)10(13)8-5-3-2-4-6-8/h2-6,9H,1H3. The Hall–Kier alpha value is -0.710. The summed E-state index contributed by atoms with van der Waals surface area (Å²) in [6.07, 6.45) is 0. The average molecular weight is 288 g/mol. The van der Waals surface area contributed by atoms with E-state index < -0.39 is 3.92 Å². The van der Waals surface area contributed by atoms with Gasteiger partial charge in [-0.15, -0.1) is 0 Å². The van der Waals surface area contributed by atoms with Gasteiger partial charge in [0.15, 0.2) is 5.78 Å². The van der Waals surface area contributed by atoms with Gasteiger partial charge in [0, 0.05) is 5.56 Å². The lowest BCUT2D eigenvalue weighted by Crippen LogP contribution is -2.21. The molecule has 0 saturated heterocycles. The van der Waals surface area contributed by atoms with E-state index in [1.54, 1.807) is 24.3 Å². The van der Waals surface area contributed by atoms with E-state index in [2.05, 4.69) is 0 Å². The molecule has 2 nitrogen and oxygen atoms in total. The molecule has 0 aliphatic heterocycles. The summed E-state index contributed by atoms with van der Waals surface area (Å²) in [5.41, 5.74) is 0.595. The van der Waals surface area contributed by atoms with Crippen molar-refractivity contribution in [2.75, 3.05) is 0 Å². The minimum atomic E-state index is -0.556. The van der Waals surface area contributed by atoms with Crippen LogP contribution in [0.5, 0.6) is 0 Å². The van der Waals surface area contributed by atoms with E-state index >= 15 is 0 Å². The number of Topliss-reactive ketones (excluding diaryl/α,β-unsaturated/α-hetero) is 2. The molecule has 1 aromatic carbocycles. The average Bonchev–Trinajstić information content (AvgIpc) is 2.17. The van der Waals surface area contributed by atoms with Crippen LogP contribution in [-0.4, -0.2) is 15.5 Å². The van der Waals surface area contributed by atoms with Crippen molar-refractivity contribution in [3.8, 4) is 0 Å². The van der Waals surface area contributed by atoms with Gasteiger partial charge in [-0.1, -0.05) is 52.9 Å². The molecule has 0 aliphatic rings. The van der Waals surface area contributed by atoms with Crippen LogP contribution >= 0.6 is 22.6 Å². The predicted molar refractivity (Wildman–Crippen MR) is 59.3 cm³/mol. The van der Waals surface area contributed by atoms with Gasteiger partial charge in [0.1, 0.15) is 9.71 Å². The first kappa shape index (κ1) is 10.4. The Morgan fingerprint density at radius 3 is 2.23 bits per heavy atom. The molecule has 0 fully saturated rings. The SMILES string of the molecule is CC(=O)C(I)C(=O)c1ccccc1. The van der Waals surface area contributed by atoms with Crippen LogP contribution in [0.4, 0.5) is 0 Å². The summed E-state index contributed by atoms with van der Waals surface area (Å²) in [6.45, 7) is 1.43. The minimum Gasteiger partial charge on any atom is -0.298 e. The van der Waals surface area contributed by atoms with Crippen LogP contribution in [0.2, 0.25) is 0 Å². The molecule has 0 radical (unpaired) electrons. The third-order valence-electron chi connectivity index (χ3n) is 1.65. The number of hydrogen-bond donors (Lipinski definition) is 0. The van der Waals surface area contributed by atoms with E-state index in [9.17, 15) is 9.59 Å². The van der Waals surface area contributed by atoms with E-state index in [1.165, 1.54) is 6.92 Å². The van der Waals surface area contributed by atoms with Crippen molar-refractivity contribution in [2.24, 2.45) is 0 Å². The van der Waals surface area contributed by atoms with E-state index in [-0.39, 0.29) is 11.6 Å². The zero-order chi connectivity index (χ0) is 9.84. The summed E-state index contributed by atoms with van der Waals surface area (Å²) >= 11 is 1.86. The fourth-order valence-electron chi connectivity index (χ4n) is 0.933. The molecule has 68 valence electrons. The maximum absolute atomic E-state index is 11.6. The fraction of sp³-hybridized carbons (Fsp3) is 0.200. The minimum absolute atomic E-state index is 0.102. The van der Waals surface area contributed by atoms with Crippen LogP contribution < -0.4 is 0 Å². The normalized spacial score (nSPS) is 12.2. The molecule has 0 aromatic heterocycles. The van der Waals surface area contributed by atoms with Crippen molar-refractivity contribution in [3.63, 3.8) is 0 Å². The van der Waals surface area contributed by atoms with E-state index in [0.29, 0.717) is 5.56 Å². The Labute approximate surface area is 90.5 Å². The summed E-state index contributed by atoms with van der Waals surface area (Å²) in [5, 5.41) is 0. The molecule has 0 heterocycles. The first-order chi connectivity index (χ1) is 6.13. The molecule has 0 bridgehead atoms. The van der Waals surface area contributed by atoms with Crippen LogP contribution in [0.1, 0.15) is 17.3 Å². The zero-order valence-electron chi connectivity index (χ0n) is 7.16. The van der Waals surface area contributed by atoms with Crippen molar-refractivity contribution in [2.45, 2.75) is 10.8 Å². The van der Waals surface area contributed by atoms with Crippen molar-refractivity contribution < 1.29 is 9.59 Å². The summed E-state index contributed by atoms with van der Waals surface area (Å²) in [7, 11) is 0. The van der Waals surface area contributed by atoms with Gasteiger partial charge in [0.25, 0.3) is 0 Å². The zero-order valence-corrected chi connectivity index (χ0v) is 9.32. The first-order valence-electron chi connectivity index (χ1n) is 3.86. The quantitative estimate of drug-likeness (QED) is 0.370. The number of ketones is 2. The van der Waals surface area contributed by atoms with Gasteiger partial charge in [-0.05, 0) is 6.92 Å². The van der Waals surface area contributed by atoms with Crippen LogP contribution in [-0.2, 0) is 4.79 Å². The third kappa shape index (κ3) is 2.62. The Kier molecular flexibility index (Phi) is 3.59. The predicted octanol–water partition coefficient (Wildman–Crippen LogP) is 2.26. The Morgan fingerprint density at radius 1 is 1.23 bits per heavy atom. The second kappa shape index (κ2) is 4.50. The lowest BCUT2D eigenvalue weighted by atomic mass is 10.1. The monoisotopic (exact) mass is 288 g/mol. The Balaban J connectivity index is 2.86. The topological polar surface area (TPSA) is 34.1 Å². The highest BCUT2D eigenvalue weighted by molar-refractivity contribution is 14.1. The Morgan fingerprint density at radius 2 is 1.77 bits per heavy atom.